The van der Waals surface area contributed by atoms with Gasteiger partial charge in [0.1, 0.15) is 5.82 Å². The minimum absolute atomic E-state index is 0.299. The number of hydrogen-bond donors (Lipinski definition) is 2. The van der Waals surface area contributed by atoms with E-state index in [0.717, 1.165) is 12.8 Å². The van der Waals surface area contributed by atoms with Crippen molar-refractivity contribution in [2.75, 3.05) is 11.9 Å². The molecule has 0 aromatic carbocycles. The molecule has 0 aliphatic heterocycles. The first-order valence-electron chi connectivity index (χ1n) is 4.52. The summed E-state index contributed by atoms with van der Waals surface area (Å²) in [6, 6.07) is 3.63. The predicted molar refractivity (Wildman–Crippen MR) is 51.4 cm³/mol. The van der Waals surface area contributed by atoms with Crippen LogP contribution in [0.3, 0.4) is 0 Å². The maximum Gasteiger partial charge on any atom is 0.148 e. The van der Waals surface area contributed by atoms with Crippen molar-refractivity contribution in [2.24, 2.45) is 0 Å². The second-order valence-electron chi connectivity index (χ2n) is 2.93. The van der Waals surface area contributed by atoms with Gasteiger partial charge in [-0.15, -0.1) is 5.10 Å². The normalized spacial score (nSPS) is 12.5. The van der Waals surface area contributed by atoms with Crippen molar-refractivity contribution in [3.63, 3.8) is 0 Å². The van der Waals surface area contributed by atoms with Crippen molar-refractivity contribution in [1.82, 2.24) is 10.2 Å². The summed E-state index contributed by atoms with van der Waals surface area (Å²) < 4.78 is 0. The molecule has 0 radical (unpaired) electrons. The number of aliphatic hydroxyl groups is 1. The number of nitrogens with one attached hydrogen (secondary N) is 1. The Hall–Kier alpha value is -1.16. The molecule has 1 aromatic rings. The summed E-state index contributed by atoms with van der Waals surface area (Å²) in [5.74, 6) is 0.706. The van der Waals surface area contributed by atoms with Crippen molar-refractivity contribution in [1.29, 1.82) is 0 Å². The molecule has 4 heteroatoms. The van der Waals surface area contributed by atoms with Crippen LogP contribution in [0, 0.1) is 0 Å². The zero-order chi connectivity index (χ0) is 9.52. The monoisotopic (exact) mass is 181 g/mol. The molecule has 4 nitrogen and oxygen atoms in total. The van der Waals surface area contributed by atoms with Crippen LogP contribution in [0.15, 0.2) is 18.3 Å². The lowest BCUT2D eigenvalue weighted by molar-refractivity contribution is 0.176. The van der Waals surface area contributed by atoms with Gasteiger partial charge in [0.15, 0.2) is 0 Å². The minimum atomic E-state index is -0.299. The largest absolute Gasteiger partial charge is 0.391 e. The molecule has 1 atom stereocenters. The molecule has 1 heterocycles. The molecule has 0 amide bonds. The summed E-state index contributed by atoms with van der Waals surface area (Å²) in [5.41, 5.74) is 0. The molecule has 0 aliphatic carbocycles. The van der Waals surface area contributed by atoms with Gasteiger partial charge in [0, 0.05) is 12.7 Å². The summed E-state index contributed by atoms with van der Waals surface area (Å²) in [4.78, 5) is 0. The first kappa shape index (κ1) is 9.92. The Balaban J connectivity index is 2.27. The van der Waals surface area contributed by atoms with Crippen LogP contribution in [-0.2, 0) is 0 Å². The van der Waals surface area contributed by atoms with E-state index in [1.807, 2.05) is 19.1 Å². The number of rotatable bonds is 5. The molecule has 0 aliphatic rings. The maximum atomic E-state index is 9.40. The summed E-state index contributed by atoms with van der Waals surface area (Å²) in [5, 5.41) is 20.0. The zero-order valence-corrected chi connectivity index (χ0v) is 7.77. The van der Waals surface area contributed by atoms with Gasteiger partial charge in [0.05, 0.1) is 6.10 Å². The summed E-state index contributed by atoms with van der Waals surface area (Å²) in [6.45, 7) is 2.58. The fraction of sp³-hybridized carbons (Fsp3) is 0.556. The topological polar surface area (TPSA) is 58.0 Å². The van der Waals surface area contributed by atoms with E-state index in [-0.39, 0.29) is 6.10 Å². The Kier molecular flexibility index (Phi) is 4.18. The second-order valence-corrected chi connectivity index (χ2v) is 2.93. The molecular formula is C9H15N3O. The Morgan fingerprint density at radius 2 is 2.46 bits per heavy atom. The van der Waals surface area contributed by atoms with Crippen LogP contribution >= 0.6 is 0 Å². The molecule has 0 saturated carbocycles. The average Bonchev–Trinajstić information content (AvgIpc) is 2.17. The highest BCUT2D eigenvalue weighted by Crippen LogP contribution is 2.00. The third-order valence-corrected chi connectivity index (χ3v) is 1.71. The van der Waals surface area contributed by atoms with Gasteiger partial charge >= 0.3 is 0 Å². The predicted octanol–water partition coefficient (Wildman–Crippen LogP) is 1.05. The minimum Gasteiger partial charge on any atom is -0.391 e. The van der Waals surface area contributed by atoms with Crippen molar-refractivity contribution in [3.05, 3.63) is 18.3 Å². The number of aliphatic hydroxyl groups excluding tert-OH is 1. The van der Waals surface area contributed by atoms with Gasteiger partial charge in [-0.3, -0.25) is 0 Å². The highest BCUT2D eigenvalue weighted by Gasteiger charge is 2.01. The molecular weight excluding hydrogens is 166 g/mol. The van der Waals surface area contributed by atoms with Crippen LogP contribution < -0.4 is 5.32 Å². The maximum absolute atomic E-state index is 9.40. The molecule has 72 valence electrons. The van der Waals surface area contributed by atoms with E-state index in [2.05, 4.69) is 15.5 Å². The Morgan fingerprint density at radius 1 is 1.62 bits per heavy atom. The van der Waals surface area contributed by atoms with Crippen LogP contribution in [-0.4, -0.2) is 28.0 Å². The molecule has 0 fully saturated rings. The van der Waals surface area contributed by atoms with Crippen molar-refractivity contribution in [2.45, 2.75) is 25.9 Å². The first-order chi connectivity index (χ1) is 6.33. The highest BCUT2D eigenvalue weighted by molar-refractivity contribution is 5.31. The Labute approximate surface area is 78.0 Å². The first-order valence-corrected chi connectivity index (χ1v) is 4.52. The summed E-state index contributed by atoms with van der Waals surface area (Å²) >= 11 is 0. The van der Waals surface area contributed by atoms with Crippen LogP contribution in [0.4, 0.5) is 5.82 Å². The van der Waals surface area contributed by atoms with Gasteiger partial charge in [-0.25, -0.2) is 0 Å². The van der Waals surface area contributed by atoms with E-state index in [4.69, 9.17) is 0 Å². The van der Waals surface area contributed by atoms with E-state index in [0.29, 0.717) is 12.4 Å². The molecule has 1 aromatic heterocycles. The average molecular weight is 181 g/mol. The number of aromatic nitrogens is 2. The Morgan fingerprint density at radius 3 is 3.08 bits per heavy atom. The van der Waals surface area contributed by atoms with Gasteiger partial charge in [0.25, 0.3) is 0 Å². The standard InChI is InChI=1S/C9H15N3O/c1-2-4-8(13)7-10-9-5-3-6-11-12-9/h3,5-6,8,13H,2,4,7H2,1H3,(H,10,12). The molecule has 1 rings (SSSR count). The van der Waals surface area contributed by atoms with Crippen LogP contribution in [0.25, 0.3) is 0 Å². The highest BCUT2D eigenvalue weighted by atomic mass is 16.3. The zero-order valence-electron chi connectivity index (χ0n) is 7.77. The number of hydrogen-bond acceptors (Lipinski definition) is 4. The third-order valence-electron chi connectivity index (χ3n) is 1.71. The smallest absolute Gasteiger partial charge is 0.148 e. The van der Waals surface area contributed by atoms with Crippen molar-refractivity contribution >= 4 is 5.82 Å². The number of nitrogens with zero attached hydrogens (tertiary/aromatic N) is 2. The van der Waals surface area contributed by atoms with Gasteiger partial charge in [0.2, 0.25) is 0 Å². The summed E-state index contributed by atoms with van der Waals surface area (Å²) in [7, 11) is 0. The van der Waals surface area contributed by atoms with Gasteiger partial charge in [-0.2, -0.15) is 5.10 Å². The van der Waals surface area contributed by atoms with Crippen LogP contribution in [0.2, 0.25) is 0 Å². The Bertz CT molecular complexity index is 228. The van der Waals surface area contributed by atoms with E-state index >= 15 is 0 Å². The van der Waals surface area contributed by atoms with Gasteiger partial charge < -0.3 is 10.4 Å². The lowest BCUT2D eigenvalue weighted by Gasteiger charge is -2.09. The SMILES string of the molecule is CCCC(O)CNc1cccnn1. The fourth-order valence-electron chi connectivity index (χ4n) is 1.05. The molecule has 0 spiro atoms. The van der Waals surface area contributed by atoms with Crippen LogP contribution in [0.1, 0.15) is 19.8 Å². The third kappa shape index (κ3) is 3.85. The van der Waals surface area contributed by atoms with E-state index in [1.54, 1.807) is 6.20 Å². The summed E-state index contributed by atoms with van der Waals surface area (Å²) in [6.07, 6.45) is 3.12. The van der Waals surface area contributed by atoms with Crippen LogP contribution in [0.5, 0.6) is 0 Å². The number of anilines is 1. The van der Waals surface area contributed by atoms with Gasteiger partial charge in [-0.1, -0.05) is 13.3 Å². The lowest BCUT2D eigenvalue weighted by atomic mass is 10.2. The molecule has 0 bridgehead atoms. The quantitative estimate of drug-likeness (QED) is 0.712. The fourth-order valence-corrected chi connectivity index (χ4v) is 1.05. The van der Waals surface area contributed by atoms with Gasteiger partial charge in [-0.05, 0) is 18.6 Å². The molecule has 1 unspecified atom stereocenters. The van der Waals surface area contributed by atoms with Crippen molar-refractivity contribution in [3.8, 4) is 0 Å². The van der Waals surface area contributed by atoms with E-state index in [9.17, 15) is 5.11 Å². The second kappa shape index (κ2) is 5.48. The molecule has 0 saturated heterocycles. The molecule has 2 N–H and O–H groups in total. The van der Waals surface area contributed by atoms with Crippen molar-refractivity contribution < 1.29 is 5.11 Å². The lowest BCUT2D eigenvalue weighted by Crippen LogP contribution is -2.19. The van der Waals surface area contributed by atoms with E-state index in [1.165, 1.54) is 0 Å². The van der Waals surface area contributed by atoms with E-state index < -0.39 is 0 Å². The molecule has 13 heavy (non-hydrogen) atoms.